The van der Waals surface area contributed by atoms with Gasteiger partial charge in [-0.15, -0.1) is 0 Å². The molecule has 0 radical (unpaired) electrons. The number of primary amides is 1. The summed E-state index contributed by atoms with van der Waals surface area (Å²) in [6, 6.07) is 11.8. The number of nitrogens with zero attached hydrogens (tertiary/aromatic N) is 1. The van der Waals surface area contributed by atoms with Crippen LogP contribution in [0.25, 0.3) is 6.08 Å². The van der Waals surface area contributed by atoms with Crippen LogP contribution in [0.15, 0.2) is 54.1 Å². The minimum absolute atomic E-state index is 0.257. The first-order valence-corrected chi connectivity index (χ1v) is 8.46. The fourth-order valence-electron chi connectivity index (χ4n) is 2.66. The van der Waals surface area contributed by atoms with Gasteiger partial charge in [0, 0.05) is 5.56 Å². The molecule has 1 aliphatic heterocycles. The number of urea groups is 1. The number of carbonyl (C=O) groups excluding carboxylic acids is 4. The van der Waals surface area contributed by atoms with E-state index in [1.807, 2.05) is 0 Å². The summed E-state index contributed by atoms with van der Waals surface area (Å²) in [7, 11) is 1.49. The summed E-state index contributed by atoms with van der Waals surface area (Å²) in [5.74, 6) is -1.50. The molecular formula is C20H17N3O6. The van der Waals surface area contributed by atoms with Gasteiger partial charge >= 0.3 is 6.03 Å². The van der Waals surface area contributed by atoms with Crippen LogP contribution in [0, 0.1) is 0 Å². The van der Waals surface area contributed by atoms with Crippen molar-refractivity contribution in [3.8, 4) is 11.5 Å². The summed E-state index contributed by atoms with van der Waals surface area (Å²) < 4.78 is 10.4. The standard InChI is InChI=1S/C20H17N3O6/c1-28-14-8-6-13(7-9-14)23-19(26)15(18(25)22-20(23)27)10-12-4-2-3-5-16(12)29-11-17(21)24/h2-10H,11H2,1H3,(H2,21,24)(H,22,25,27)/b15-10+. The van der Waals surface area contributed by atoms with Crippen LogP contribution in [0.4, 0.5) is 10.5 Å². The number of nitrogens with one attached hydrogen (secondary N) is 1. The lowest BCUT2D eigenvalue weighted by Gasteiger charge is -2.26. The monoisotopic (exact) mass is 395 g/mol. The van der Waals surface area contributed by atoms with Crippen LogP contribution < -0.4 is 25.4 Å². The number of benzene rings is 2. The highest BCUT2D eigenvalue weighted by Crippen LogP contribution is 2.26. The van der Waals surface area contributed by atoms with Gasteiger partial charge < -0.3 is 15.2 Å². The van der Waals surface area contributed by atoms with Gasteiger partial charge in [0.25, 0.3) is 17.7 Å². The normalized spacial score (nSPS) is 15.3. The Morgan fingerprint density at radius 3 is 2.45 bits per heavy atom. The van der Waals surface area contributed by atoms with Crippen LogP contribution in [-0.4, -0.2) is 37.5 Å². The maximum absolute atomic E-state index is 12.9. The highest BCUT2D eigenvalue weighted by molar-refractivity contribution is 6.39. The van der Waals surface area contributed by atoms with Gasteiger partial charge in [-0.1, -0.05) is 18.2 Å². The van der Waals surface area contributed by atoms with E-state index in [0.29, 0.717) is 11.3 Å². The number of carbonyl (C=O) groups is 4. The van der Waals surface area contributed by atoms with Crippen LogP contribution in [0.5, 0.6) is 11.5 Å². The van der Waals surface area contributed by atoms with Crippen molar-refractivity contribution in [2.24, 2.45) is 5.73 Å². The van der Waals surface area contributed by atoms with E-state index in [9.17, 15) is 19.2 Å². The molecule has 1 aliphatic rings. The Morgan fingerprint density at radius 1 is 1.10 bits per heavy atom. The van der Waals surface area contributed by atoms with E-state index in [0.717, 1.165) is 4.90 Å². The maximum atomic E-state index is 12.9. The lowest BCUT2D eigenvalue weighted by atomic mass is 10.1. The van der Waals surface area contributed by atoms with Gasteiger partial charge in [-0.2, -0.15) is 0 Å². The number of ether oxygens (including phenoxy) is 2. The molecule has 0 aromatic heterocycles. The van der Waals surface area contributed by atoms with Crippen LogP contribution in [0.1, 0.15) is 5.56 Å². The number of methoxy groups -OCH3 is 1. The number of rotatable bonds is 6. The number of amides is 5. The summed E-state index contributed by atoms with van der Waals surface area (Å²) in [6.07, 6.45) is 1.29. The third-order valence-corrected chi connectivity index (χ3v) is 4.02. The highest BCUT2D eigenvalue weighted by atomic mass is 16.5. The Bertz CT molecular complexity index is 1010. The smallest absolute Gasteiger partial charge is 0.335 e. The summed E-state index contributed by atoms with van der Waals surface area (Å²) in [5.41, 5.74) is 5.46. The lowest BCUT2D eigenvalue weighted by Crippen LogP contribution is -2.54. The Labute approximate surface area is 165 Å². The maximum Gasteiger partial charge on any atom is 0.335 e. The van der Waals surface area contributed by atoms with Crippen molar-refractivity contribution < 1.29 is 28.7 Å². The summed E-state index contributed by atoms with van der Waals surface area (Å²) in [6.45, 7) is -0.364. The molecule has 3 rings (SSSR count). The fraction of sp³-hybridized carbons (Fsp3) is 0.100. The van der Waals surface area contributed by atoms with E-state index in [1.165, 1.54) is 25.3 Å². The second-order valence-electron chi connectivity index (χ2n) is 5.95. The molecule has 5 amide bonds. The molecule has 0 saturated carbocycles. The molecule has 148 valence electrons. The van der Waals surface area contributed by atoms with E-state index in [2.05, 4.69) is 5.32 Å². The molecule has 0 spiro atoms. The molecule has 1 fully saturated rings. The zero-order valence-corrected chi connectivity index (χ0v) is 15.4. The van der Waals surface area contributed by atoms with Crippen molar-refractivity contribution in [1.82, 2.24) is 5.32 Å². The van der Waals surface area contributed by atoms with E-state index < -0.39 is 23.8 Å². The van der Waals surface area contributed by atoms with Crippen LogP contribution in [0.3, 0.4) is 0 Å². The van der Waals surface area contributed by atoms with Gasteiger partial charge in [0.05, 0.1) is 12.8 Å². The number of nitrogens with two attached hydrogens (primary N) is 1. The molecule has 0 unspecified atom stereocenters. The van der Waals surface area contributed by atoms with Crippen molar-refractivity contribution in [3.05, 3.63) is 59.7 Å². The molecular weight excluding hydrogens is 378 g/mol. The Kier molecular flexibility index (Phi) is 5.59. The van der Waals surface area contributed by atoms with Gasteiger partial charge in [-0.05, 0) is 36.4 Å². The van der Waals surface area contributed by atoms with Crippen molar-refractivity contribution in [1.29, 1.82) is 0 Å². The minimum Gasteiger partial charge on any atom is -0.497 e. The molecule has 29 heavy (non-hydrogen) atoms. The number of anilines is 1. The van der Waals surface area contributed by atoms with Gasteiger partial charge in [0.1, 0.15) is 17.1 Å². The van der Waals surface area contributed by atoms with E-state index >= 15 is 0 Å². The largest absolute Gasteiger partial charge is 0.497 e. The van der Waals surface area contributed by atoms with Crippen molar-refractivity contribution in [2.45, 2.75) is 0 Å². The first kappa shape index (κ1) is 19.6. The molecule has 0 atom stereocenters. The molecule has 9 heteroatoms. The zero-order valence-electron chi connectivity index (χ0n) is 15.4. The van der Waals surface area contributed by atoms with Gasteiger partial charge in [0.15, 0.2) is 6.61 Å². The van der Waals surface area contributed by atoms with E-state index in [1.54, 1.807) is 36.4 Å². The molecule has 0 aliphatic carbocycles. The predicted octanol–water partition coefficient (Wildman–Crippen LogP) is 1.23. The average Bonchev–Trinajstić information content (AvgIpc) is 2.70. The predicted molar refractivity (Wildman–Crippen MR) is 103 cm³/mol. The zero-order chi connectivity index (χ0) is 21.0. The quantitative estimate of drug-likeness (QED) is 0.559. The van der Waals surface area contributed by atoms with Crippen molar-refractivity contribution >= 4 is 35.5 Å². The summed E-state index contributed by atoms with van der Waals surface area (Å²) in [5, 5.41) is 2.14. The first-order chi connectivity index (χ1) is 13.9. The van der Waals surface area contributed by atoms with Crippen LogP contribution in [-0.2, 0) is 14.4 Å². The average molecular weight is 395 g/mol. The van der Waals surface area contributed by atoms with E-state index in [-0.39, 0.29) is 23.6 Å². The number of para-hydroxylation sites is 1. The van der Waals surface area contributed by atoms with Crippen LogP contribution >= 0.6 is 0 Å². The Morgan fingerprint density at radius 2 is 1.79 bits per heavy atom. The third-order valence-electron chi connectivity index (χ3n) is 4.02. The van der Waals surface area contributed by atoms with Crippen molar-refractivity contribution in [2.75, 3.05) is 18.6 Å². The second kappa shape index (κ2) is 8.26. The highest BCUT2D eigenvalue weighted by Gasteiger charge is 2.37. The number of hydrogen-bond acceptors (Lipinski definition) is 6. The molecule has 1 heterocycles. The molecule has 1 saturated heterocycles. The topological polar surface area (TPSA) is 128 Å². The van der Waals surface area contributed by atoms with Crippen LogP contribution in [0.2, 0.25) is 0 Å². The van der Waals surface area contributed by atoms with E-state index in [4.69, 9.17) is 15.2 Å². The Hall–Kier alpha value is -4.14. The minimum atomic E-state index is -0.861. The van der Waals surface area contributed by atoms with Gasteiger partial charge in [-0.25, -0.2) is 9.69 Å². The first-order valence-electron chi connectivity index (χ1n) is 8.46. The molecule has 0 bridgehead atoms. The van der Waals surface area contributed by atoms with Gasteiger partial charge in [0.2, 0.25) is 0 Å². The molecule has 3 N–H and O–H groups in total. The lowest BCUT2D eigenvalue weighted by molar-refractivity contribution is -0.123. The molecule has 2 aromatic carbocycles. The third kappa shape index (κ3) is 4.24. The SMILES string of the molecule is COc1ccc(N2C(=O)NC(=O)/C(=C\c3ccccc3OCC(N)=O)C2=O)cc1. The number of hydrogen-bond donors (Lipinski definition) is 2. The fourth-order valence-corrected chi connectivity index (χ4v) is 2.66. The molecule has 2 aromatic rings. The van der Waals surface area contributed by atoms with Crippen molar-refractivity contribution in [3.63, 3.8) is 0 Å². The Balaban J connectivity index is 1.96. The summed E-state index contributed by atoms with van der Waals surface area (Å²) in [4.78, 5) is 49.3. The molecule has 9 nitrogen and oxygen atoms in total. The summed E-state index contributed by atoms with van der Waals surface area (Å²) >= 11 is 0. The van der Waals surface area contributed by atoms with Gasteiger partial charge in [-0.3, -0.25) is 19.7 Å². The second-order valence-corrected chi connectivity index (χ2v) is 5.95. The number of barbiturate groups is 1. The number of imide groups is 2.